The molecular weight excluding hydrogens is 388 g/mol. The number of hydrogen-bond donors (Lipinski definition) is 1. The molecule has 0 radical (unpaired) electrons. The van der Waals surface area contributed by atoms with E-state index in [-0.39, 0.29) is 24.3 Å². The topological polar surface area (TPSA) is 67.2 Å². The van der Waals surface area contributed by atoms with Gasteiger partial charge in [0.25, 0.3) is 0 Å². The molecule has 2 aromatic carbocycles. The average Bonchev–Trinajstić information content (AvgIpc) is 3.16. The molecule has 3 rings (SSSR count). The lowest BCUT2D eigenvalue weighted by Crippen LogP contribution is -2.40. The molecule has 1 aromatic heterocycles. The number of amides is 2. The van der Waals surface area contributed by atoms with Crippen LogP contribution < -0.4 is 5.32 Å². The van der Waals surface area contributed by atoms with Crippen LogP contribution in [0.5, 0.6) is 0 Å². The highest BCUT2D eigenvalue weighted by molar-refractivity contribution is 5.93. The minimum atomic E-state index is -0.262. The molecular formula is C25H30N4O2. The summed E-state index contributed by atoms with van der Waals surface area (Å²) in [5, 5.41) is 2.92. The third kappa shape index (κ3) is 5.81. The van der Waals surface area contributed by atoms with Crippen molar-refractivity contribution in [3.05, 3.63) is 66.4 Å². The van der Waals surface area contributed by atoms with Crippen LogP contribution >= 0.6 is 0 Å². The maximum atomic E-state index is 12.9. The van der Waals surface area contributed by atoms with Crippen molar-refractivity contribution in [1.82, 2.24) is 14.5 Å². The molecule has 6 heteroatoms. The fourth-order valence-electron chi connectivity index (χ4n) is 3.45. The number of imidazole rings is 1. The Morgan fingerprint density at radius 3 is 2.48 bits per heavy atom. The molecule has 0 aliphatic rings. The van der Waals surface area contributed by atoms with E-state index in [1.54, 1.807) is 4.90 Å². The highest BCUT2D eigenvalue weighted by atomic mass is 16.2. The van der Waals surface area contributed by atoms with Gasteiger partial charge in [-0.3, -0.25) is 19.5 Å². The fraction of sp³-hybridized carbons (Fsp3) is 0.320. The first-order chi connectivity index (χ1) is 14.9. The summed E-state index contributed by atoms with van der Waals surface area (Å²) < 4.78 is 1.88. The lowest BCUT2D eigenvalue weighted by Gasteiger charge is -2.23. The molecule has 0 aliphatic carbocycles. The molecule has 162 valence electrons. The van der Waals surface area contributed by atoms with Gasteiger partial charge in [0, 0.05) is 30.4 Å². The van der Waals surface area contributed by atoms with Crippen LogP contribution in [0.25, 0.3) is 16.9 Å². The normalized spacial score (nSPS) is 10.9. The van der Waals surface area contributed by atoms with Crippen molar-refractivity contribution in [2.24, 2.45) is 5.92 Å². The van der Waals surface area contributed by atoms with Gasteiger partial charge in [0.2, 0.25) is 17.8 Å². The quantitative estimate of drug-likeness (QED) is 0.577. The standard InChI is InChI=1S/C25H30N4O2/c1-5-24(31)28(15-18(2)3)17-23(30)27-25-26-22(20-11-7-6-8-12-20)16-29(25)21-13-9-10-19(4)14-21/h6-14,16,18H,5,15,17H2,1-4H3,(H,26,27,30). The number of anilines is 1. The molecule has 0 unspecified atom stereocenters. The highest BCUT2D eigenvalue weighted by Crippen LogP contribution is 2.24. The maximum absolute atomic E-state index is 12.9. The molecule has 1 N–H and O–H groups in total. The van der Waals surface area contributed by atoms with Crippen molar-refractivity contribution < 1.29 is 9.59 Å². The summed E-state index contributed by atoms with van der Waals surface area (Å²) >= 11 is 0. The summed E-state index contributed by atoms with van der Waals surface area (Å²) in [6.45, 7) is 8.45. The van der Waals surface area contributed by atoms with Gasteiger partial charge in [-0.2, -0.15) is 0 Å². The van der Waals surface area contributed by atoms with Crippen LogP contribution in [0.1, 0.15) is 32.8 Å². The van der Waals surface area contributed by atoms with E-state index in [4.69, 9.17) is 0 Å². The van der Waals surface area contributed by atoms with E-state index in [1.165, 1.54) is 0 Å². The van der Waals surface area contributed by atoms with E-state index >= 15 is 0 Å². The number of hydrogen-bond acceptors (Lipinski definition) is 3. The van der Waals surface area contributed by atoms with Crippen LogP contribution in [0.4, 0.5) is 5.95 Å². The molecule has 0 fully saturated rings. The van der Waals surface area contributed by atoms with Gasteiger partial charge in [0.1, 0.15) is 0 Å². The minimum Gasteiger partial charge on any atom is -0.333 e. The van der Waals surface area contributed by atoms with Crippen LogP contribution in [-0.2, 0) is 9.59 Å². The van der Waals surface area contributed by atoms with E-state index in [0.717, 1.165) is 22.5 Å². The number of nitrogens with zero attached hydrogens (tertiary/aromatic N) is 3. The lowest BCUT2D eigenvalue weighted by atomic mass is 10.2. The zero-order chi connectivity index (χ0) is 22.4. The van der Waals surface area contributed by atoms with Gasteiger partial charge in [-0.15, -0.1) is 0 Å². The number of benzene rings is 2. The zero-order valence-corrected chi connectivity index (χ0v) is 18.6. The molecule has 0 atom stereocenters. The molecule has 31 heavy (non-hydrogen) atoms. The Balaban J connectivity index is 1.90. The second-order valence-corrected chi connectivity index (χ2v) is 8.09. The third-order valence-electron chi connectivity index (χ3n) is 4.88. The monoisotopic (exact) mass is 418 g/mol. The number of carbonyl (C=O) groups excluding carboxylic acids is 2. The summed E-state index contributed by atoms with van der Waals surface area (Å²) in [4.78, 5) is 31.4. The summed E-state index contributed by atoms with van der Waals surface area (Å²) in [5.74, 6) is 0.419. The second kappa shape index (κ2) is 10.1. The fourth-order valence-corrected chi connectivity index (χ4v) is 3.45. The van der Waals surface area contributed by atoms with Crippen LogP contribution in [0.2, 0.25) is 0 Å². The van der Waals surface area contributed by atoms with E-state index < -0.39 is 0 Å². The van der Waals surface area contributed by atoms with E-state index in [9.17, 15) is 9.59 Å². The van der Waals surface area contributed by atoms with Gasteiger partial charge in [0.15, 0.2) is 0 Å². The SMILES string of the molecule is CCC(=O)N(CC(=O)Nc1nc(-c2ccccc2)cn1-c1cccc(C)c1)CC(C)C. The Kier molecular flexibility index (Phi) is 7.23. The van der Waals surface area contributed by atoms with Crippen LogP contribution in [-0.4, -0.2) is 39.4 Å². The highest BCUT2D eigenvalue weighted by Gasteiger charge is 2.19. The molecule has 6 nitrogen and oxygen atoms in total. The van der Waals surface area contributed by atoms with Gasteiger partial charge in [-0.1, -0.05) is 63.2 Å². The summed E-state index contributed by atoms with van der Waals surface area (Å²) in [5.41, 5.74) is 3.75. The summed E-state index contributed by atoms with van der Waals surface area (Å²) in [7, 11) is 0. The Bertz CT molecular complexity index is 1040. The van der Waals surface area contributed by atoms with Crippen molar-refractivity contribution in [1.29, 1.82) is 0 Å². The summed E-state index contributed by atoms with van der Waals surface area (Å²) in [6.07, 6.45) is 2.29. The average molecular weight is 419 g/mol. The molecule has 0 aliphatic heterocycles. The van der Waals surface area contributed by atoms with E-state index in [0.29, 0.717) is 18.9 Å². The molecule has 0 saturated carbocycles. The Morgan fingerprint density at radius 2 is 1.84 bits per heavy atom. The molecule has 3 aromatic rings. The first-order valence-electron chi connectivity index (χ1n) is 10.7. The third-order valence-corrected chi connectivity index (χ3v) is 4.88. The molecule has 2 amide bonds. The Labute approximate surface area is 183 Å². The van der Waals surface area contributed by atoms with Crippen molar-refractivity contribution in [3.63, 3.8) is 0 Å². The van der Waals surface area contributed by atoms with Crippen molar-refractivity contribution in [3.8, 4) is 16.9 Å². The predicted octanol–water partition coefficient (Wildman–Crippen LogP) is 4.68. The lowest BCUT2D eigenvalue weighted by molar-refractivity contribution is -0.134. The number of aryl methyl sites for hydroxylation is 1. The number of rotatable bonds is 8. The minimum absolute atomic E-state index is 0.00615. The van der Waals surface area contributed by atoms with Crippen LogP contribution in [0, 0.1) is 12.8 Å². The number of carbonyl (C=O) groups is 2. The van der Waals surface area contributed by atoms with Crippen molar-refractivity contribution in [2.75, 3.05) is 18.4 Å². The summed E-state index contributed by atoms with van der Waals surface area (Å²) in [6, 6.07) is 17.9. The zero-order valence-electron chi connectivity index (χ0n) is 18.6. The van der Waals surface area contributed by atoms with E-state index in [1.807, 2.05) is 93.1 Å². The van der Waals surface area contributed by atoms with Gasteiger partial charge >= 0.3 is 0 Å². The van der Waals surface area contributed by atoms with Gasteiger partial charge in [-0.05, 0) is 30.5 Å². The van der Waals surface area contributed by atoms with E-state index in [2.05, 4.69) is 10.3 Å². The Hall–Kier alpha value is -3.41. The molecule has 1 heterocycles. The van der Waals surface area contributed by atoms with Gasteiger partial charge in [-0.25, -0.2) is 4.98 Å². The van der Waals surface area contributed by atoms with Gasteiger partial charge in [0.05, 0.1) is 12.2 Å². The predicted molar refractivity (Wildman–Crippen MR) is 124 cm³/mol. The van der Waals surface area contributed by atoms with Crippen LogP contribution in [0.3, 0.4) is 0 Å². The molecule has 0 bridgehead atoms. The smallest absolute Gasteiger partial charge is 0.246 e. The first-order valence-corrected chi connectivity index (χ1v) is 10.7. The van der Waals surface area contributed by atoms with Gasteiger partial charge < -0.3 is 4.90 Å². The molecule has 0 saturated heterocycles. The number of nitrogens with one attached hydrogen (secondary N) is 1. The Morgan fingerprint density at radius 1 is 1.10 bits per heavy atom. The second-order valence-electron chi connectivity index (χ2n) is 8.09. The largest absolute Gasteiger partial charge is 0.333 e. The maximum Gasteiger partial charge on any atom is 0.246 e. The van der Waals surface area contributed by atoms with Crippen molar-refractivity contribution >= 4 is 17.8 Å². The van der Waals surface area contributed by atoms with Crippen LogP contribution in [0.15, 0.2) is 60.8 Å². The van der Waals surface area contributed by atoms with Crippen molar-refractivity contribution in [2.45, 2.75) is 34.1 Å². The molecule has 0 spiro atoms. The number of aromatic nitrogens is 2. The first kappa shape index (κ1) is 22.3.